The summed E-state index contributed by atoms with van der Waals surface area (Å²) in [6.07, 6.45) is -0.766. The highest BCUT2D eigenvalue weighted by atomic mass is 16.7. The number of hydrogen-bond acceptors (Lipinski definition) is 4. The highest BCUT2D eigenvalue weighted by Crippen LogP contribution is 2.29. The lowest BCUT2D eigenvalue weighted by Gasteiger charge is -2.31. The highest BCUT2D eigenvalue weighted by molar-refractivity contribution is 5.82. The molecule has 4 nitrogen and oxygen atoms in total. The zero-order chi connectivity index (χ0) is 18.6. The van der Waals surface area contributed by atoms with Crippen LogP contribution in [0.25, 0.3) is 10.8 Å². The Morgan fingerprint density at radius 2 is 1.62 bits per heavy atom. The van der Waals surface area contributed by atoms with Gasteiger partial charge >= 0.3 is 0 Å². The normalized spacial score (nSPS) is 13.7. The lowest BCUT2D eigenvalue weighted by molar-refractivity contribution is -0.213. The van der Waals surface area contributed by atoms with E-state index in [1.54, 1.807) is 6.92 Å². The Balaban J connectivity index is 1.76. The number of ether oxygens (including phenoxy) is 3. The van der Waals surface area contributed by atoms with E-state index in [2.05, 4.69) is 30.3 Å². The van der Waals surface area contributed by atoms with Crippen LogP contribution in [-0.4, -0.2) is 25.6 Å². The third-order valence-electron chi connectivity index (χ3n) is 4.52. The van der Waals surface area contributed by atoms with Crippen LogP contribution in [-0.2, 0) is 21.7 Å². The van der Waals surface area contributed by atoms with Crippen LogP contribution in [0.4, 0.5) is 0 Å². The van der Waals surface area contributed by atoms with Gasteiger partial charge in [-0.15, -0.1) is 0 Å². The molecule has 26 heavy (non-hydrogen) atoms. The first-order valence-electron chi connectivity index (χ1n) is 8.53. The predicted molar refractivity (Wildman–Crippen MR) is 102 cm³/mol. The van der Waals surface area contributed by atoms with Gasteiger partial charge in [0.1, 0.15) is 18.0 Å². The van der Waals surface area contributed by atoms with Gasteiger partial charge in [0.15, 0.2) is 6.29 Å². The standard InChI is InChI=1S/C22H24O4/c1-22(23,21(24-2)25-3)19-9-6-10-20(14-19)26-15-16-11-12-17-7-4-5-8-18(17)13-16/h4-14,21,23H,15H2,1-3H3. The number of fused-ring (bicyclic) bond motifs is 1. The molecule has 0 aliphatic rings. The highest BCUT2D eigenvalue weighted by Gasteiger charge is 2.34. The number of benzene rings is 3. The van der Waals surface area contributed by atoms with Gasteiger partial charge in [-0.05, 0) is 47.0 Å². The van der Waals surface area contributed by atoms with E-state index in [4.69, 9.17) is 14.2 Å². The van der Waals surface area contributed by atoms with Gasteiger partial charge in [0, 0.05) is 14.2 Å². The molecule has 1 unspecified atom stereocenters. The molecule has 0 spiro atoms. The van der Waals surface area contributed by atoms with E-state index in [0.29, 0.717) is 17.9 Å². The first-order valence-corrected chi connectivity index (χ1v) is 8.53. The molecule has 0 aromatic heterocycles. The fourth-order valence-corrected chi connectivity index (χ4v) is 3.09. The zero-order valence-corrected chi connectivity index (χ0v) is 15.3. The SMILES string of the molecule is COC(OC)C(C)(O)c1cccc(OCc2ccc3ccccc3c2)c1. The fraction of sp³-hybridized carbons (Fsp3) is 0.273. The lowest BCUT2D eigenvalue weighted by Crippen LogP contribution is -2.39. The molecule has 0 bridgehead atoms. The molecule has 0 radical (unpaired) electrons. The van der Waals surface area contributed by atoms with E-state index >= 15 is 0 Å². The first-order chi connectivity index (χ1) is 12.5. The van der Waals surface area contributed by atoms with Crippen molar-refractivity contribution in [2.24, 2.45) is 0 Å². The van der Waals surface area contributed by atoms with Gasteiger partial charge in [0.2, 0.25) is 0 Å². The molecular weight excluding hydrogens is 328 g/mol. The van der Waals surface area contributed by atoms with E-state index in [0.717, 1.165) is 5.56 Å². The second kappa shape index (κ2) is 7.87. The van der Waals surface area contributed by atoms with Crippen molar-refractivity contribution in [3.8, 4) is 5.75 Å². The molecule has 0 saturated heterocycles. The molecule has 1 N–H and O–H groups in total. The van der Waals surface area contributed by atoms with Gasteiger partial charge in [0.25, 0.3) is 0 Å². The molecule has 1 atom stereocenters. The molecule has 0 saturated carbocycles. The predicted octanol–water partition coefficient (Wildman–Crippen LogP) is 4.25. The summed E-state index contributed by atoms with van der Waals surface area (Å²) in [5.74, 6) is 0.682. The van der Waals surface area contributed by atoms with Crippen molar-refractivity contribution >= 4 is 10.8 Å². The summed E-state index contributed by atoms with van der Waals surface area (Å²) in [4.78, 5) is 0. The second-order valence-corrected chi connectivity index (χ2v) is 6.45. The van der Waals surface area contributed by atoms with Crippen LogP contribution in [0.5, 0.6) is 5.75 Å². The van der Waals surface area contributed by atoms with Crippen molar-refractivity contribution in [1.82, 2.24) is 0 Å². The van der Waals surface area contributed by atoms with Gasteiger partial charge in [-0.2, -0.15) is 0 Å². The molecule has 0 aliphatic carbocycles. The average molecular weight is 352 g/mol. The van der Waals surface area contributed by atoms with Crippen molar-refractivity contribution in [2.45, 2.75) is 25.4 Å². The number of rotatable bonds is 7. The Hall–Kier alpha value is -2.40. The molecule has 0 amide bonds. The van der Waals surface area contributed by atoms with Crippen molar-refractivity contribution in [1.29, 1.82) is 0 Å². The van der Waals surface area contributed by atoms with Crippen LogP contribution >= 0.6 is 0 Å². The van der Waals surface area contributed by atoms with Crippen LogP contribution in [0, 0.1) is 0 Å². The Bertz CT molecular complexity index is 869. The molecule has 0 fully saturated rings. The molecular formula is C22H24O4. The van der Waals surface area contributed by atoms with Crippen LogP contribution in [0.1, 0.15) is 18.1 Å². The Labute approximate surface area is 153 Å². The quantitative estimate of drug-likeness (QED) is 0.646. The van der Waals surface area contributed by atoms with Gasteiger partial charge in [0.05, 0.1) is 0 Å². The van der Waals surface area contributed by atoms with E-state index in [1.807, 2.05) is 36.4 Å². The topological polar surface area (TPSA) is 47.9 Å². The summed E-state index contributed by atoms with van der Waals surface area (Å²) < 4.78 is 16.4. The fourth-order valence-electron chi connectivity index (χ4n) is 3.09. The van der Waals surface area contributed by atoms with Gasteiger partial charge in [-0.3, -0.25) is 0 Å². The molecule has 3 rings (SSSR count). The van der Waals surface area contributed by atoms with E-state index in [9.17, 15) is 5.11 Å². The van der Waals surface area contributed by atoms with Crippen molar-refractivity contribution < 1.29 is 19.3 Å². The van der Waals surface area contributed by atoms with Gasteiger partial charge in [-0.25, -0.2) is 0 Å². The molecule has 3 aromatic carbocycles. The molecule has 0 heterocycles. The van der Waals surface area contributed by atoms with Crippen molar-refractivity contribution in [3.63, 3.8) is 0 Å². The largest absolute Gasteiger partial charge is 0.489 e. The maximum Gasteiger partial charge on any atom is 0.189 e. The van der Waals surface area contributed by atoms with Crippen molar-refractivity contribution in [3.05, 3.63) is 77.9 Å². The minimum atomic E-state index is -1.29. The average Bonchev–Trinajstić information content (AvgIpc) is 2.67. The van der Waals surface area contributed by atoms with Crippen LogP contribution in [0.3, 0.4) is 0 Å². The summed E-state index contributed by atoms with van der Waals surface area (Å²) in [6.45, 7) is 2.11. The summed E-state index contributed by atoms with van der Waals surface area (Å²) in [5, 5.41) is 13.2. The maximum absolute atomic E-state index is 10.8. The summed E-state index contributed by atoms with van der Waals surface area (Å²) in [6, 6.07) is 21.9. The number of methoxy groups -OCH3 is 2. The van der Waals surface area contributed by atoms with E-state index < -0.39 is 11.9 Å². The van der Waals surface area contributed by atoms with Crippen LogP contribution in [0.15, 0.2) is 66.7 Å². The molecule has 4 heteroatoms. The minimum absolute atomic E-state index is 0.453. The summed E-state index contributed by atoms with van der Waals surface area (Å²) in [7, 11) is 3.01. The third kappa shape index (κ3) is 3.88. The Morgan fingerprint density at radius 3 is 2.35 bits per heavy atom. The maximum atomic E-state index is 10.8. The van der Waals surface area contributed by atoms with E-state index in [1.165, 1.54) is 25.0 Å². The first kappa shape index (κ1) is 18.4. The summed E-state index contributed by atoms with van der Waals surface area (Å²) in [5.41, 5.74) is 0.473. The molecule has 136 valence electrons. The lowest BCUT2D eigenvalue weighted by atomic mass is 9.95. The Kier molecular flexibility index (Phi) is 5.57. The smallest absolute Gasteiger partial charge is 0.189 e. The van der Waals surface area contributed by atoms with Crippen LogP contribution in [0.2, 0.25) is 0 Å². The van der Waals surface area contributed by atoms with Gasteiger partial charge < -0.3 is 19.3 Å². The van der Waals surface area contributed by atoms with E-state index in [-0.39, 0.29) is 0 Å². The minimum Gasteiger partial charge on any atom is -0.489 e. The monoisotopic (exact) mass is 352 g/mol. The van der Waals surface area contributed by atoms with Crippen molar-refractivity contribution in [2.75, 3.05) is 14.2 Å². The summed E-state index contributed by atoms with van der Waals surface area (Å²) >= 11 is 0. The number of aliphatic hydroxyl groups is 1. The molecule has 3 aromatic rings. The second-order valence-electron chi connectivity index (χ2n) is 6.45. The molecule has 0 aliphatic heterocycles. The Morgan fingerprint density at radius 1 is 0.885 bits per heavy atom. The van der Waals surface area contributed by atoms with Crippen LogP contribution < -0.4 is 4.74 Å². The number of hydrogen-bond donors (Lipinski definition) is 1. The zero-order valence-electron chi connectivity index (χ0n) is 15.3. The third-order valence-corrected chi connectivity index (χ3v) is 4.52. The van der Waals surface area contributed by atoms with Gasteiger partial charge in [-0.1, -0.05) is 48.5 Å².